The van der Waals surface area contributed by atoms with E-state index < -0.39 is 0 Å². The Labute approximate surface area is 109 Å². The lowest BCUT2D eigenvalue weighted by molar-refractivity contribution is 0.135. The summed E-state index contributed by atoms with van der Waals surface area (Å²) in [7, 11) is 0. The van der Waals surface area contributed by atoms with Crippen molar-refractivity contribution in [3.8, 4) is 0 Å². The Hall–Kier alpha value is 0. The first-order chi connectivity index (χ1) is 8.33. The molecule has 2 saturated carbocycles. The van der Waals surface area contributed by atoms with Gasteiger partial charge in [0.1, 0.15) is 0 Å². The standard InChI is InChI=1S/C17H32/c1-3-6-15-9-11-16(12-10-15)17-8-5-7-14(4-2)13-17/h14-17H,3-13H2,1-2H3/t14-,15-,16+,17-/m1/s1. The third-order valence-electron chi connectivity index (χ3n) is 5.66. The third-order valence-corrected chi connectivity index (χ3v) is 5.66. The van der Waals surface area contributed by atoms with Crippen LogP contribution in [-0.4, -0.2) is 0 Å². The fourth-order valence-electron chi connectivity index (χ4n) is 4.49. The summed E-state index contributed by atoms with van der Waals surface area (Å²) in [5.74, 6) is 4.37. The van der Waals surface area contributed by atoms with E-state index in [0.29, 0.717) is 0 Å². The molecule has 2 fully saturated rings. The van der Waals surface area contributed by atoms with Gasteiger partial charge in [0.2, 0.25) is 0 Å². The molecule has 2 aliphatic carbocycles. The summed E-state index contributed by atoms with van der Waals surface area (Å²) in [5.41, 5.74) is 0. The molecule has 0 heteroatoms. The van der Waals surface area contributed by atoms with E-state index in [1.165, 1.54) is 32.1 Å². The SMILES string of the molecule is CCC[C@H]1CC[C@@H]([C@@H]2CCC[C@@H](CC)C2)CC1. The molecule has 2 rings (SSSR count). The summed E-state index contributed by atoms with van der Waals surface area (Å²) >= 11 is 0. The van der Waals surface area contributed by atoms with Crippen molar-refractivity contribution in [2.45, 2.75) is 84.5 Å². The lowest BCUT2D eigenvalue weighted by Crippen LogP contribution is -2.26. The zero-order valence-electron chi connectivity index (χ0n) is 12.1. The highest BCUT2D eigenvalue weighted by Crippen LogP contribution is 2.42. The largest absolute Gasteiger partial charge is 0.0654 e. The highest BCUT2D eigenvalue weighted by atomic mass is 14.4. The molecule has 0 nitrogen and oxygen atoms in total. The lowest BCUT2D eigenvalue weighted by Gasteiger charge is -2.38. The van der Waals surface area contributed by atoms with Gasteiger partial charge in [-0.25, -0.2) is 0 Å². The molecular formula is C17H32. The van der Waals surface area contributed by atoms with Gasteiger partial charge in [0.15, 0.2) is 0 Å². The molecule has 17 heavy (non-hydrogen) atoms. The van der Waals surface area contributed by atoms with Gasteiger partial charge in [0, 0.05) is 0 Å². The van der Waals surface area contributed by atoms with Crippen LogP contribution in [0, 0.1) is 23.7 Å². The molecule has 0 aromatic rings. The first kappa shape index (κ1) is 13.4. The molecular weight excluding hydrogens is 204 g/mol. The Morgan fingerprint density at radius 3 is 2.18 bits per heavy atom. The summed E-state index contributed by atoms with van der Waals surface area (Å²) < 4.78 is 0. The van der Waals surface area contributed by atoms with Crippen LogP contribution in [0.5, 0.6) is 0 Å². The summed E-state index contributed by atoms with van der Waals surface area (Å²) in [6.45, 7) is 4.74. The second-order valence-corrected chi connectivity index (χ2v) is 6.77. The van der Waals surface area contributed by atoms with Crippen LogP contribution in [0.15, 0.2) is 0 Å². The summed E-state index contributed by atoms with van der Waals surface area (Å²) in [4.78, 5) is 0. The quantitative estimate of drug-likeness (QED) is 0.578. The predicted molar refractivity (Wildman–Crippen MR) is 76.1 cm³/mol. The van der Waals surface area contributed by atoms with Gasteiger partial charge in [-0.3, -0.25) is 0 Å². The number of hydrogen-bond acceptors (Lipinski definition) is 0. The molecule has 0 aliphatic heterocycles. The maximum absolute atomic E-state index is 2.39. The highest BCUT2D eigenvalue weighted by Gasteiger charge is 2.30. The topological polar surface area (TPSA) is 0 Å². The van der Waals surface area contributed by atoms with Crippen molar-refractivity contribution in [1.29, 1.82) is 0 Å². The Bertz CT molecular complexity index is 200. The molecule has 0 aromatic heterocycles. The molecule has 0 bridgehead atoms. The minimum atomic E-state index is 1.07. The summed E-state index contributed by atoms with van der Waals surface area (Å²) in [6, 6.07) is 0. The maximum atomic E-state index is 2.39. The van der Waals surface area contributed by atoms with Crippen molar-refractivity contribution in [2.75, 3.05) is 0 Å². The van der Waals surface area contributed by atoms with E-state index in [0.717, 1.165) is 23.7 Å². The number of hydrogen-bond donors (Lipinski definition) is 0. The van der Waals surface area contributed by atoms with Crippen molar-refractivity contribution in [1.82, 2.24) is 0 Å². The van der Waals surface area contributed by atoms with Crippen molar-refractivity contribution in [2.24, 2.45) is 23.7 Å². The van der Waals surface area contributed by atoms with Crippen molar-refractivity contribution in [3.63, 3.8) is 0 Å². The first-order valence-electron chi connectivity index (χ1n) is 8.33. The van der Waals surface area contributed by atoms with Crippen LogP contribution < -0.4 is 0 Å². The second-order valence-electron chi connectivity index (χ2n) is 6.77. The molecule has 0 radical (unpaired) electrons. The van der Waals surface area contributed by atoms with Crippen molar-refractivity contribution < 1.29 is 0 Å². The third kappa shape index (κ3) is 3.73. The normalized spacial score (nSPS) is 39.2. The molecule has 0 amide bonds. The maximum Gasteiger partial charge on any atom is -0.0383 e. The molecule has 0 unspecified atom stereocenters. The van der Waals surface area contributed by atoms with Gasteiger partial charge >= 0.3 is 0 Å². The number of rotatable bonds is 4. The van der Waals surface area contributed by atoms with Gasteiger partial charge in [0.05, 0.1) is 0 Å². The van der Waals surface area contributed by atoms with Crippen LogP contribution in [0.2, 0.25) is 0 Å². The van der Waals surface area contributed by atoms with Crippen LogP contribution in [0.3, 0.4) is 0 Å². The zero-order valence-corrected chi connectivity index (χ0v) is 12.1. The second kappa shape index (κ2) is 6.81. The smallest absolute Gasteiger partial charge is 0.0383 e. The average Bonchev–Trinajstić information content (AvgIpc) is 2.40. The molecule has 0 spiro atoms. The van der Waals surface area contributed by atoms with Gasteiger partial charge in [-0.1, -0.05) is 65.2 Å². The van der Waals surface area contributed by atoms with E-state index in [1.807, 2.05) is 0 Å². The average molecular weight is 236 g/mol. The Morgan fingerprint density at radius 2 is 1.53 bits per heavy atom. The van der Waals surface area contributed by atoms with Crippen molar-refractivity contribution in [3.05, 3.63) is 0 Å². The van der Waals surface area contributed by atoms with Crippen LogP contribution in [0.25, 0.3) is 0 Å². The van der Waals surface area contributed by atoms with E-state index in [4.69, 9.17) is 0 Å². The molecule has 2 aliphatic rings. The van der Waals surface area contributed by atoms with Gasteiger partial charge in [-0.05, 0) is 42.9 Å². The minimum Gasteiger partial charge on any atom is -0.0654 e. The fraction of sp³-hybridized carbons (Fsp3) is 1.00. The van der Waals surface area contributed by atoms with E-state index in [2.05, 4.69) is 13.8 Å². The highest BCUT2D eigenvalue weighted by molar-refractivity contribution is 4.82. The van der Waals surface area contributed by atoms with E-state index in [-0.39, 0.29) is 0 Å². The van der Waals surface area contributed by atoms with E-state index in [1.54, 1.807) is 38.5 Å². The Kier molecular flexibility index (Phi) is 5.38. The van der Waals surface area contributed by atoms with Crippen molar-refractivity contribution >= 4 is 0 Å². The van der Waals surface area contributed by atoms with Gasteiger partial charge in [0.25, 0.3) is 0 Å². The van der Waals surface area contributed by atoms with Gasteiger partial charge < -0.3 is 0 Å². The van der Waals surface area contributed by atoms with Crippen LogP contribution in [0.1, 0.15) is 84.5 Å². The van der Waals surface area contributed by atoms with Crippen LogP contribution >= 0.6 is 0 Å². The molecule has 0 heterocycles. The minimum absolute atomic E-state index is 1.07. The molecule has 0 saturated heterocycles. The van der Waals surface area contributed by atoms with Crippen LogP contribution in [0.4, 0.5) is 0 Å². The molecule has 0 aromatic carbocycles. The monoisotopic (exact) mass is 236 g/mol. The fourth-order valence-corrected chi connectivity index (χ4v) is 4.49. The van der Waals surface area contributed by atoms with Crippen LogP contribution in [-0.2, 0) is 0 Å². The lowest BCUT2D eigenvalue weighted by atomic mass is 9.68. The van der Waals surface area contributed by atoms with E-state index in [9.17, 15) is 0 Å². The Balaban J connectivity index is 1.76. The predicted octanol–water partition coefficient (Wildman–Crippen LogP) is 5.81. The molecule has 0 N–H and O–H groups in total. The Morgan fingerprint density at radius 1 is 0.765 bits per heavy atom. The van der Waals surface area contributed by atoms with Gasteiger partial charge in [-0.2, -0.15) is 0 Å². The van der Waals surface area contributed by atoms with Gasteiger partial charge in [-0.15, -0.1) is 0 Å². The summed E-state index contributed by atoms with van der Waals surface area (Å²) in [6.07, 6.45) is 16.7. The molecule has 2 atom stereocenters. The molecule has 100 valence electrons. The first-order valence-corrected chi connectivity index (χ1v) is 8.33. The zero-order chi connectivity index (χ0) is 12.1. The van der Waals surface area contributed by atoms with E-state index >= 15 is 0 Å². The summed E-state index contributed by atoms with van der Waals surface area (Å²) in [5, 5.41) is 0.